The number of carbonyl (C=O) groups is 1. The summed E-state index contributed by atoms with van der Waals surface area (Å²) in [6, 6.07) is 17.1. The van der Waals surface area contributed by atoms with Crippen LogP contribution in [0.25, 0.3) is 0 Å². The van der Waals surface area contributed by atoms with Crippen molar-refractivity contribution in [3.05, 3.63) is 83.4 Å². The Bertz CT molecular complexity index is 1120. The van der Waals surface area contributed by atoms with E-state index in [2.05, 4.69) is 62.9 Å². The number of benzene rings is 2. The molecule has 6 rings (SSSR count). The highest BCUT2D eigenvalue weighted by Crippen LogP contribution is 2.37. The topological polar surface area (TPSA) is 66.3 Å². The van der Waals surface area contributed by atoms with Crippen LogP contribution in [0.5, 0.6) is 0 Å². The molecule has 3 aromatic rings. The van der Waals surface area contributed by atoms with Crippen molar-refractivity contribution in [1.29, 1.82) is 0 Å². The molecular weight excluding hydrogens is 443 g/mol. The van der Waals surface area contributed by atoms with Gasteiger partial charge in [0.2, 0.25) is 5.91 Å². The number of nitrogens with one attached hydrogen (secondary N) is 1. The Hall–Kier alpha value is -3.10. The smallest absolute Gasteiger partial charge is 0.224 e. The summed E-state index contributed by atoms with van der Waals surface area (Å²) in [5, 5.41) is 11.8. The number of piperidine rings is 3. The number of amides is 1. The fourth-order valence-electron chi connectivity index (χ4n) is 5.49. The second kappa shape index (κ2) is 10.7. The van der Waals surface area contributed by atoms with Crippen LogP contribution in [0.3, 0.4) is 0 Å². The maximum atomic E-state index is 13.1. The van der Waals surface area contributed by atoms with Crippen LogP contribution in [0, 0.1) is 17.7 Å². The molecule has 4 heterocycles. The largest absolute Gasteiger partial charge is 0.352 e. The molecule has 0 aliphatic carbocycles. The Labute approximate surface area is 205 Å². The summed E-state index contributed by atoms with van der Waals surface area (Å²) < 4.78 is 15.1. The van der Waals surface area contributed by atoms with Gasteiger partial charge in [0.1, 0.15) is 5.82 Å². The fraction of sp³-hybridized carbons (Fsp3) is 0.444. The molecule has 184 valence electrons. The van der Waals surface area contributed by atoms with E-state index in [9.17, 15) is 9.18 Å². The maximum absolute atomic E-state index is 13.1. The van der Waals surface area contributed by atoms with Gasteiger partial charge in [-0.3, -0.25) is 19.3 Å². The van der Waals surface area contributed by atoms with Gasteiger partial charge in [-0.2, -0.15) is 0 Å². The van der Waals surface area contributed by atoms with Crippen molar-refractivity contribution in [2.24, 2.45) is 11.8 Å². The molecule has 1 aromatic heterocycles. The first-order valence-electron chi connectivity index (χ1n) is 12.4. The lowest BCUT2D eigenvalue weighted by molar-refractivity contribution is -0.133. The van der Waals surface area contributed by atoms with Crippen molar-refractivity contribution in [2.45, 2.75) is 45.1 Å². The third-order valence-corrected chi connectivity index (χ3v) is 7.31. The number of hydrogen-bond acceptors (Lipinski definition) is 5. The number of halogens is 1. The van der Waals surface area contributed by atoms with Crippen molar-refractivity contribution in [2.75, 3.05) is 20.1 Å². The van der Waals surface area contributed by atoms with Crippen molar-refractivity contribution in [1.82, 2.24) is 30.1 Å². The van der Waals surface area contributed by atoms with E-state index in [0.29, 0.717) is 18.5 Å². The van der Waals surface area contributed by atoms with E-state index in [-0.39, 0.29) is 17.6 Å². The highest BCUT2D eigenvalue weighted by molar-refractivity contribution is 5.79. The molecule has 8 heteroatoms. The molecule has 1 N–H and O–H groups in total. The minimum atomic E-state index is -0.262. The summed E-state index contributed by atoms with van der Waals surface area (Å²) in [6.45, 7) is 4.67. The monoisotopic (exact) mass is 476 g/mol. The van der Waals surface area contributed by atoms with Crippen LogP contribution in [0.2, 0.25) is 0 Å². The molecular formula is C27H33FN6O. The van der Waals surface area contributed by atoms with Crippen LogP contribution in [0.1, 0.15) is 29.7 Å². The summed E-state index contributed by atoms with van der Waals surface area (Å²) >= 11 is 0. The predicted octanol–water partition coefficient (Wildman–Crippen LogP) is 3.08. The van der Waals surface area contributed by atoms with Crippen molar-refractivity contribution >= 4 is 5.91 Å². The Kier molecular flexibility index (Phi) is 7.20. The van der Waals surface area contributed by atoms with Crippen LogP contribution in [0.4, 0.5) is 4.39 Å². The molecule has 3 aliphatic heterocycles. The first-order chi connectivity index (χ1) is 17.0. The zero-order valence-electron chi connectivity index (χ0n) is 20.2. The van der Waals surface area contributed by atoms with Gasteiger partial charge in [-0.1, -0.05) is 47.7 Å². The molecule has 0 saturated carbocycles. The second-order valence-electron chi connectivity index (χ2n) is 9.97. The summed E-state index contributed by atoms with van der Waals surface area (Å²) in [6.07, 6.45) is 4.10. The average molecular weight is 477 g/mol. The second-order valence-corrected chi connectivity index (χ2v) is 9.97. The van der Waals surface area contributed by atoms with Gasteiger partial charge in [0, 0.05) is 38.4 Å². The van der Waals surface area contributed by atoms with Crippen LogP contribution in [-0.4, -0.2) is 56.9 Å². The molecule has 3 aliphatic rings. The van der Waals surface area contributed by atoms with Gasteiger partial charge < -0.3 is 5.32 Å². The predicted molar refractivity (Wildman–Crippen MR) is 131 cm³/mol. The van der Waals surface area contributed by atoms with E-state index in [1.807, 2.05) is 10.7 Å². The van der Waals surface area contributed by atoms with Gasteiger partial charge >= 0.3 is 0 Å². The maximum Gasteiger partial charge on any atom is 0.224 e. The zero-order valence-corrected chi connectivity index (χ0v) is 20.2. The summed E-state index contributed by atoms with van der Waals surface area (Å²) in [5.41, 5.74) is 3.16. The molecule has 0 radical (unpaired) electrons. The molecule has 7 nitrogen and oxygen atoms in total. The van der Waals surface area contributed by atoms with Crippen molar-refractivity contribution in [3.8, 4) is 0 Å². The third kappa shape index (κ3) is 5.94. The number of carbonyl (C=O) groups excluding carboxylic acids is 1. The normalized spacial score (nSPS) is 23.5. The molecule has 3 saturated heterocycles. The van der Waals surface area contributed by atoms with Gasteiger partial charge in [-0.05, 0) is 55.6 Å². The molecule has 4 unspecified atom stereocenters. The first-order valence-corrected chi connectivity index (χ1v) is 12.4. The zero-order chi connectivity index (χ0) is 24.2. The van der Waals surface area contributed by atoms with E-state index < -0.39 is 0 Å². The average Bonchev–Trinajstić information content (AvgIpc) is 3.30. The van der Waals surface area contributed by atoms with Crippen LogP contribution < -0.4 is 5.32 Å². The Morgan fingerprint density at radius 3 is 2.66 bits per heavy atom. The highest BCUT2D eigenvalue weighted by Gasteiger charge is 2.43. The Morgan fingerprint density at radius 2 is 1.91 bits per heavy atom. The molecule has 2 aromatic carbocycles. The molecule has 3 fully saturated rings. The van der Waals surface area contributed by atoms with Crippen LogP contribution in [0.15, 0.2) is 60.8 Å². The van der Waals surface area contributed by atoms with Gasteiger partial charge in [0.05, 0.1) is 18.2 Å². The number of nitrogens with zero attached hydrogens (tertiary/aromatic N) is 5. The van der Waals surface area contributed by atoms with Gasteiger partial charge in [0.25, 0.3) is 0 Å². The first kappa shape index (κ1) is 23.6. The number of aromatic nitrogens is 3. The summed E-state index contributed by atoms with van der Waals surface area (Å²) in [7, 11) is 2.10. The van der Waals surface area contributed by atoms with E-state index in [4.69, 9.17) is 0 Å². The number of rotatable bonds is 9. The lowest BCUT2D eigenvalue weighted by Crippen LogP contribution is -2.58. The lowest BCUT2D eigenvalue weighted by atomic mass is 9.75. The van der Waals surface area contributed by atoms with Crippen LogP contribution in [-0.2, 0) is 31.0 Å². The van der Waals surface area contributed by atoms with Crippen molar-refractivity contribution < 1.29 is 9.18 Å². The van der Waals surface area contributed by atoms with E-state index >= 15 is 0 Å². The van der Waals surface area contributed by atoms with Crippen molar-refractivity contribution in [3.63, 3.8) is 0 Å². The lowest BCUT2D eigenvalue weighted by Gasteiger charge is -2.49. The SMILES string of the molecule is CN(Cc1ccccc1)Cc1cn(CC2CC3CCN2CC3C(=O)NCc2ccc(F)cc2)nn1. The highest BCUT2D eigenvalue weighted by atomic mass is 19.1. The van der Waals surface area contributed by atoms with Gasteiger partial charge in [-0.25, -0.2) is 4.39 Å². The Balaban J connectivity index is 1.11. The summed E-state index contributed by atoms with van der Waals surface area (Å²) in [5.74, 6) is 0.241. The molecule has 0 spiro atoms. The molecule has 35 heavy (non-hydrogen) atoms. The van der Waals surface area contributed by atoms with E-state index in [1.165, 1.54) is 17.7 Å². The number of hydrogen-bond donors (Lipinski definition) is 1. The molecule has 4 atom stereocenters. The quantitative estimate of drug-likeness (QED) is 0.514. The van der Waals surface area contributed by atoms with E-state index in [0.717, 1.165) is 56.8 Å². The number of fused-ring (bicyclic) bond motifs is 3. The minimum Gasteiger partial charge on any atom is -0.352 e. The van der Waals surface area contributed by atoms with Gasteiger partial charge in [0.15, 0.2) is 0 Å². The minimum absolute atomic E-state index is 0.0124. The standard InChI is InChI=1S/C27H33FN6O/c1-32(15-21-5-3-2-4-6-21)16-24-17-34(31-30-24)18-25-13-22-11-12-33(25)19-26(22)27(35)29-14-20-7-9-23(28)10-8-20/h2-10,17,22,25-26H,11-16,18-19H2,1H3,(H,29,35). The van der Waals surface area contributed by atoms with Gasteiger partial charge in [-0.15, -0.1) is 5.10 Å². The van der Waals surface area contributed by atoms with E-state index in [1.54, 1.807) is 12.1 Å². The van der Waals surface area contributed by atoms with Crippen LogP contribution >= 0.6 is 0 Å². The third-order valence-electron chi connectivity index (χ3n) is 7.31. The fourth-order valence-corrected chi connectivity index (χ4v) is 5.49. The summed E-state index contributed by atoms with van der Waals surface area (Å²) in [4.78, 5) is 17.6. The Morgan fingerprint density at radius 1 is 1.11 bits per heavy atom. The molecule has 1 amide bonds. The molecule has 2 bridgehead atoms.